The Kier molecular flexibility index (Phi) is 7.68. The highest BCUT2D eigenvalue weighted by Gasteiger charge is 2.14. The van der Waals surface area contributed by atoms with Gasteiger partial charge in [0.1, 0.15) is 11.5 Å². The molecule has 0 saturated carbocycles. The Morgan fingerprint density at radius 3 is 2.00 bits per heavy atom. The van der Waals surface area contributed by atoms with Gasteiger partial charge in [-0.05, 0) is 42.3 Å². The van der Waals surface area contributed by atoms with Gasteiger partial charge in [-0.15, -0.1) is 0 Å². The molecule has 0 aromatic heterocycles. The predicted octanol–water partition coefficient (Wildman–Crippen LogP) is 3.08. The molecule has 0 saturated heterocycles. The van der Waals surface area contributed by atoms with Gasteiger partial charge in [-0.25, -0.2) is 0 Å². The van der Waals surface area contributed by atoms with Crippen molar-refractivity contribution in [3.63, 3.8) is 0 Å². The summed E-state index contributed by atoms with van der Waals surface area (Å²) in [5.74, 6) is 1.46. The Morgan fingerprint density at radius 1 is 0.786 bits per heavy atom. The summed E-state index contributed by atoms with van der Waals surface area (Å²) in [4.78, 5) is 24.3. The maximum atomic E-state index is 12.3. The van der Waals surface area contributed by atoms with Crippen molar-refractivity contribution in [2.24, 2.45) is 0 Å². The summed E-state index contributed by atoms with van der Waals surface area (Å²) in [6.07, 6.45) is 0.576. The summed E-state index contributed by atoms with van der Waals surface area (Å²) in [6.45, 7) is -0.338. The van der Waals surface area contributed by atoms with Gasteiger partial charge in [0.15, 0.2) is 23.9 Å². The zero-order chi connectivity index (χ0) is 20.5. The van der Waals surface area contributed by atoms with Gasteiger partial charge in [0, 0.05) is 18.1 Å². The highest BCUT2D eigenvalue weighted by Crippen LogP contribution is 2.27. The van der Waals surface area contributed by atoms with E-state index in [-0.39, 0.29) is 18.8 Å². The van der Waals surface area contributed by atoms with E-state index >= 15 is 0 Å². The van der Waals surface area contributed by atoms with Crippen LogP contribution in [-0.2, 0) is 16.0 Å². The number of Topliss-reactive ketones (excluding diaryl/α,β-unsaturated/α-hetero) is 1. The number of rotatable bonds is 10. The monoisotopic (exact) mass is 388 g/mol. The average molecular weight is 388 g/mol. The van der Waals surface area contributed by atoms with Crippen LogP contribution in [0.5, 0.6) is 23.0 Å². The number of benzene rings is 2. The lowest BCUT2D eigenvalue weighted by molar-refractivity contribution is -0.142. The van der Waals surface area contributed by atoms with Gasteiger partial charge < -0.3 is 23.7 Å². The molecule has 7 nitrogen and oxygen atoms in total. The van der Waals surface area contributed by atoms with Crippen molar-refractivity contribution in [1.29, 1.82) is 0 Å². The number of hydrogen-bond donors (Lipinski definition) is 0. The smallest absolute Gasteiger partial charge is 0.306 e. The van der Waals surface area contributed by atoms with Gasteiger partial charge in [0.25, 0.3) is 0 Å². The average Bonchev–Trinajstić information content (AvgIpc) is 2.74. The van der Waals surface area contributed by atoms with E-state index < -0.39 is 5.97 Å². The minimum absolute atomic E-state index is 0.134. The SMILES string of the molecule is COc1cc(CCC(=O)OCC(=O)c2ccc(OC)c(OC)c2)cc(OC)c1. The topological polar surface area (TPSA) is 80.3 Å². The lowest BCUT2D eigenvalue weighted by atomic mass is 10.1. The molecule has 0 spiro atoms. The number of aryl methyl sites for hydroxylation is 1. The normalized spacial score (nSPS) is 10.1. The van der Waals surface area contributed by atoms with Crippen molar-refractivity contribution in [2.75, 3.05) is 35.0 Å². The molecule has 28 heavy (non-hydrogen) atoms. The molecule has 0 radical (unpaired) electrons. The van der Waals surface area contributed by atoms with Gasteiger partial charge in [-0.1, -0.05) is 0 Å². The number of hydrogen-bond acceptors (Lipinski definition) is 7. The molecule has 0 N–H and O–H groups in total. The summed E-state index contributed by atoms with van der Waals surface area (Å²) >= 11 is 0. The van der Waals surface area contributed by atoms with Crippen LogP contribution in [0.4, 0.5) is 0 Å². The Morgan fingerprint density at radius 2 is 1.43 bits per heavy atom. The Balaban J connectivity index is 1.89. The van der Waals surface area contributed by atoms with Crippen molar-refractivity contribution in [3.05, 3.63) is 47.5 Å². The van der Waals surface area contributed by atoms with Crippen molar-refractivity contribution in [1.82, 2.24) is 0 Å². The standard InChI is InChI=1S/C21H24O7/c1-24-16-9-14(10-17(12-16)25-2)5-8-21(23)28-13-18(22)15-6-7-19(26-3)20(11-15)27-4/h6-7,9-12H,5,8,13H2,1-4H3. The maximum absolute atomic E-state index is 12.3. The number of carbonyl (C=O) groups is 2. The number of ketones is 1. The minimum Gasteiger partial charge on any atom is -0.497 e. The number of methoxy groups -OCH3 is 4. The first-order chi connectivity index (χ1) is 13.5. The molecule has 0 bridgehead atoms. The molecule has 0 fully saturated rings. The van der Waals surface area contributed by atoms with E-state index in [9.17, 15) is 9.59 Å². The van der Waals surface area contributed by atoms with Gasteiger partial charge in [0.05, 0.1) is 28.4 Å². The molecule has 7 heteroatoms. The van der Waals surface area contributed by atoms with Gasteiger partial charge in [0.2, 0.25) is 0 Å². The molecule has 0 heterocycles. The third kappa shape index (κ3) is 5.64. The Hall–Kier alpha value is -3.22. The molecule has 0 atom stereocenters. The third-order valence-electron chi connectivity index (χ3n) is 4.10. The van der Waals surface area contributed by atoms with E-state index in [1.165, 1.54) is 14.2 Å². The van der Waals surface area contributed by atoms with Crippen LogP contribution in [-0.4, -0.2) is 46.8 Å². The molecule has 0 aliphatic carbocycles. The fourth-order valence-corrected chi connectivity index (χ4v) is 2.57. The van der Waals surface area contributed by atoms with Gasteiger partial charge >= 0.3 is 5.97 Å². The molecule has 2 aromatic carbocycles. The number of ether oxygens (including phenoxy) is 5. The number of carbonyl (C=O) groups excluding carboxylic acids is 2. The molecule has 0 aliphatic rings. The van der Waals surface area contributed by atoms with Crippen molar-refractivity contribution in [2.45, 2.75) is 12.8 Å². The number of esters is 1. The van der Waals surface area contributed by atoms with Crippen LogP contribution in [0.3, 0.4) is 0 Å². The van der Waals surface area contributed by atoms with Crippen LogP contribution >= 0.6 is 0 Å². The highest BCUT2D eigenvalue weighted by molar-refractivity contribution is 5.98. The largest absolute Gasteiger partial charge is 0.497 e. The van der Waals surface area contributed by atoms with Gasteiger partial charge in [-0.3, -0.25) is 9.59 Å². The molecular weight excluding hydrogens is 364 g/mol. The van der Waals surface area contributed by atoms with Crippen LogP contribution < -0.4 is 18.9 Å². The minimum atomic E-state index is -0.462. The van der Waals surface area contributed by atoms with E-state index in [4.69, 9.17) is 23.7 Å². The molecule has 2 rings (SSSR count). The summed E-state index contributed by atoms with van der Waals surface area (Å²) < 4.78 is 25.8. The highest BCUT2D eigenvalue weighted by atomic mass is 16.5. The Bertz CT molecular complexity index is 807. The quantitative estimate of drug-likeness (QED) is 0.457. The molecule has 0 amide bonds. The molecule has 2 aromatic rings. The summed E-state index contributed by atoms with van der Waals surface area (Å²) in [6, 6.07) is 10.2. The molecular formula is C21H24O7. The van der Waals surface area contributed by atoms with E-state index in [1.807, 2.05) is 12.1 Å². The van der Waals surface area contributed by atoms with Crippen molar-refractivity contribution < 1.29 is 33.3 Å². The molecule has 0 aliphatic heterocycles. The maximum Gasteiger partial charge on any atom is 0.306 e. The first-order valence-electron chi connectivity index (χ1n) is 8.63. The second-order valence-electron chi connectivity index (χ2n) is 5.87. The van der Waals surface area contributed by atoms with Crippen LogP contribution in [0, 0.1) is 0 Å². The lowest BCUT2D eigenvalue weighted by Gasteiger charge is -2.10. The lowest BCUT2D eigenvalue weighted by Crippen LogP contribution is -2.14. The van der Waals surface area contributed by atoms with E-state index in [2.05, 4.69) is 0 Å². The zero-order valence-corrected chi connectivity index (χ0v) is 16.4. The summed E-state index contributed by atoms with van der Waals surface area (Å²) in [5, 5.41) is 0. The van der Waals surface area contributed by atoms with Crippen LogP contribution in [0.1, 0.15) is 22.3 Å². The van der Waals surface area contributed by atoms with E-state index in [1.54, 1.807) is 38.5 Å². The van der Waals surface area contributed by atoms with E-state index in [0.717, 1.165) is 5.56 Å². The molecule has 0 unspecified atom stereocenters. The van der Waals surface area contributed by atoms with Crippen LogP contribution in [0.15, 0.2) is 36.4 Å². The second-order valence-corrected chi connectivity index (χ2v) is 5.87. The van der Waals surface area contributed by atoms with Crippen molar-refractivity contribution >= 4 is 11.8 Å². The summed E-state index contributed by atoms with van der Waals surface area (Å²) in [7, 11) is 6.12. The zero-order valence-electron chi connectivity index (χ0n) is 16.4. The first kappa shape index (κ1) is 21.1. The van der Waals surface area contributed by atoms with Crippen LogP contribution in [0.25, 0.3) is 0 Å². The van der Waals surface area contributed by atoms with Gasteiger partial charge in [-0.2, -0.15) is 0 Å². The predicted molar refractivity (Wildman–Crippen MR) is 103 cm³/mol. The molecule has 150 valence electrons. The third-order valence-corrected chi connectivity index (χ3v) is 4.10. The van der Waals surface area contributed by atoms with Crippen molar-refractivity contribution in [3.8, 4) is 23.0 Å². The summed E-state index contributed by atoms with van der Waals surface area (Å²) in [5.41, 5.74) is 1.25. The van der Waals surface area contributed by atoms with E-state index in [0.29, 0.717) is 35.0 Å². The first-order valence-corrected chi connectivity index (χ1v) is 8.63. The fraction of sp³-hybridized carbons (Fsp3) is 0.333. The fourth-order valence-electron chi connectivity index (χ4n) is 2.57. The Labute approximate surface area is 164 Å². The van der Waals surface area contributed by atoms with Crippen LogP contribution in [0.2, 0.25) is 0 Å². The second kappa shape index (κ2) is 10.2.